The second-order valence-electron chi connectivity index (χ2n) is 29.2. The molecule has 0 bridgehead atoms. The maximum absolute atomic E-state index is 15.4. The number of aliphatic hydroxyl groups is 2. The molecule has 1 aliphatic rings. The third kappa shape index (κ3) is 26.2. The molecule has 0 aromatic rings. The lowest BCUT2D eigenvalue weighted by Crippen LogP contribution is -2.64. The van der Waals surface area contributed by atoms with E-state index in [-0.39, 0.29) is 68.1 Å². The second kappa shape index (κ2) is 40.1. The molecule has 11 amide bonds. The smallest absolute Gasteiger partial charge is 0.246 e. The van der Waals surface area contributed by atoms with Crippen LogP contribution in [0.15, 0.2) is 12.2 Å². The number of nitrogens with one attached hydrogen (secondary N) is 5. The second-order valence-corrected chi connectivity index (χ2v) is 30.4. The third-order valence-electron chi connectivity index (χ3n) is 17.7. The van der Waals surface area contributed by atoms with Crippen LogP contribution in [0.25, 0.3) is 0 Å². The van der Waals surface area contributed by atoms with Crippen LogP contribution >= 0.6 is 11.8 Å². The molecule has 1 heterocycles. The van der Waals surface area contributed by atoms with Crippen LogP contribution in [0, 0.1) is 35.5 Å². The summed E-state index contributed by atoms with van der Waals surface area (Å²) in [6.45, 7) is 33.7. The summed E-state index contributed by atoms with van der Waals surface area (Å²) in [4.78, 5) is 173. The molecule has 0 radical (unpaired) electrons. The van der Waals surface area contributed by atoms with Gasteiger partial charge in [0, 0.05) is 67.5 Å². The Morgan fingerprint density at radius 3 is 1.43 bits per heavy atom. The Kier molecular flexibility index (Phi) is 36.8. The molecule has 25 nitrogen and oxygen atoms in total. The van der Waals surface area contributed by atoms with Crippen molar-refractivity contribution in [2.24, 2.45) is 35.5 Å². The van der Waals surface area contributed by atoms with Crippen molar-refractivity contribution in [3.8, 4) is 0 Å². The minimum atomic E-state index is -1.66. The predicted molar refractivity (Wildman–Crippen MR) is 374 cm³/mol. The van der Waals surface area contributed by atoms with Crippen LogP contribution in [-0.2, 0) is 52.7 Å². The number of rotatable bonds is 22. The van der Waals surface area contributed by atoms with E-state index in [0.29, 0.717) is 18.7 Å². The summed E-state index contributed by atoms with van der Waals surface area (Å²) in [6.07, 6.45) is 3.05. The zero-order chi connectivity index (χ0) is 73.6. The minimum Gasteiger partial charge on any atom is -0.390 e. The molecule has 0 spiro atoms. The average molecular weight is 1360 g/mol. The molecule has 1 saturated heterocycles. The first-order chi connectivity index (χ1) is 43.8. The highest BCUT2D eigenvalue weighted by molar-refractivity contribution is 7.99. The Labute approximate surface area is 573 Å². The highest BCUT2D eigenvalue weighted by Gasteiger charge is 2.47. The summed E-state index contributed by atoms with van der Waals surface area (Å²) in [5.74, 6) is -9.70. The molecule has 0 unspecified atom stereocenters. The molecule has 546 valence electrons. The number of hydrogen-bond acceptors (Lipinski definition) is 15. The maximum atomic E-state index is 15.4. The zero-order valence-corrected chi connectivity index (χ0v) is 63.4. The van der Waals surface area contributed by atoms with Gasteiger partial charge in [-0.15, -0.1) is 0 Å². The molecular weight excluding hydrogens is 1240 g/mol. The van der Waals surface area contributed by atoms with Gasteiger partial charge in [-0.1, -0.05) is 109 Å². The first-order valence-corrected chi connectivity index (χ1v) is 35.4. The summed E-state index contributed by atoms with van der Waals surface area (Å²) < 4.78 is 0. The largest absolute Gasteiger partial charge is 0.390 e. The van der Waals surface area contributed by atoms with Crippen LogP contribution in [-0.4, -0.2) is 261 Å². The number of likely N-dealkylation sites (N-methyl/N-ethyl adjacent to an activating group) is 7. The van der Waals surface area contributed by atoms with Gasteiger partial charge in [0.2, 0.25) is 65.0 Å². The molecule has 26 heteroatoms. The molecule has 1 rings (SSSR count). The Morgan fingerprint density at radius 1 is 0.516 bits per heavy atom. The van der Waals surface area contributed by atoms with Crippen molar-refractivity contribution < 1.29 is 63.0 Å². The number of carbonyl (C=O) groups excluding carboxylic acids is 11. The van der Waals surface area contributed by atoms with Gasteiger partial charge in [-0.2, -0.15) is 11.8 Å². The van der Waals surface area contributed by atoms with Crippen molar-refractivity contribution in [1.29, 1.82) is 0 Å². The number of thioether (sulfide) groups is 1. The first-order valence-electron chi connectivity index (χ1n) is 34.2. The van der Waals surface area contributed by atoms with Gasteiger partial charge < -0.3 is 71.1 Å². The van der Waals surface area contributed by atoms with E-state index in [2.05, 4.69) is 26.6 Å². The van der Waals surface area contributed by atoms with E-state index in [0.717, 1.165) is 9.80 Å². The number of aliphatic hydroxyl groups excluding tert-OH is 1. The summed E-state index contributed by atoms with van der Waals surface area (Å²) >= 11 is 1.39. The van der Waals surface area contributed by atoms with E-state index in [9.17, 15) is 34.2 Å². The summed E-state index contributed by atoms with van der Waals surface area (Å²) in [7, 11) is 9.88. The number of nitrogens with zero attached hydrogens (tertiary/aromatic N) is 7. The van der Waals surface area contributed by atoms with Crippen molar-refractivity contribution in [2.75, 3.05) is 67.4 Å². The van der Waals surface area contributed by atoms with Gasteiger partial charge in [-0.25, -0.2) is 0 Å². The van der Waals surface area contributed by atoms with E-state index >= 15 is 28.8 Å². The van der Waals surface area contributed by atoms with Crippen molar-refractivity contribution in [1.82, 2.24) is 60.9 Å². The molecule has 1 aliphatic heterocycles. The highest BCUT2D eigenvalue weighted by atomic mass is 32.2. The van der Waals surface area contributed by atoms with Crippen LogP contribution < -0.4 is 26.6 Å². The van der Waals surface area contributed by atoms with E-state index in [1.54, 1.807) is 60.6 Å². The van der Waals surface area contributed by atoms with Gasteiger partial charge >= 0.3 is 0 Å². The Balaban J connectivity index is 4.57. The molecule has 1 fully saturated rings. The topological polar surface area (TPSA) is 311 Å². The fourth-order valence-electron chi connectivity index (χ4n) is 11.7. The molecule has 0 aromatic heterocycles. The lowest BCUT2D eigenvalue weighted by molar-refractivity contribution is -0.157. The van der Waals surface area contributed by atoms with Crippen LogP contribution in [0.3, 0.4) is 0 Å². The monoisotopic (exact) mass is 1360 g/mol. The Hall–Kier alpha value is -5.86. The fourth-order valence-corrected chi connectivity index (χ4v) is 12.8. The summed E-state index contributed by atoms with van der Waals surface area (Å²) in [5, 5.41) is 38.1. The van der Waals surface area contributed by atoms with Gasteiger partial charge in [0.25, 0.3) is 0 Å². The Morgan fingerprint density at radius 2 is 0.958 bits per heavy atom. The maximum Gasteiger partial charge on any atom is 0.246 e. The van der Waals surface area contributed by atoms with E-state index in [1.165, 1.54) is 113 Å². The minimum absolute atomic E-state index is 0.0182. The molecule has 95 heavy (non-hydrogen) atoms. The van der Waals surface area contributed by atoms with Crippen LogP contribution in [0.2, 0.25) is 0 Å². The molecular formula is C69H126N12O13S. The average Bonchev–Trinajstić information content (AvgIpc) is 0.813. The SMILES string of the molecule is C/C=C/C[C@@H](C)[C@@H](O)[C@H]1C(=O)N[C@@H](CC)C(=O)N(C)[C@H](CSCCCNC(C)C)C(=O)N(C)[C@@H](CC(C)(C)O)C(=O)N[C@@H](C(C)C)C(=O)N(C)[C@@H](CC(C)C)C(=O)N[C@@H](C)C(=O)N[C@H](C)C(=O)N(C)[C@@H](CC(C)C)C(=O)N(C)[C@@H](CC(C)C)C(=O)N(C)[C@@H](C(C)C)C(=O)N1C. The van der Waals surface area contributed by atoms with E-state index < -0.39 is 161 Å². The summed E-state index contributed by atoms with van der Waals surface area (Å²) in [6, 6.07) is -14.2. The standard InChI is InChI=1S/C69H126N12O13S/c1-27-29-31-45(15)57(82)56-61(86)73-48(28-2)63(88)79(24)53(38-95-33-30-32-70-44(13)14)66(91)78(23)52(37-69(18,19)94)60(85)74-54(42(9)10)67(92)75(20)49(34-39(3)4)59(84)71-46(16)58(83)72-47(17)62(87)76(21)50(35-40(5)6)64(89)77(22)51(36-41(7)8)65(90)80(25)55(43(11)12)68(93)81(56)26/h27,29,39-57,70,82,94H,28,30-38H2,1-26H3,(H,71,84)(H,72,83)(H,73,86)(H,74,85)/b29-27+/t45-,46+,47-,48+,49+,50+,51+,52+,53-,54+,55+,56+,57-/m1/s1. The number of amides is 11. The lowest BCUT2D eigenvalue weighted by atomic mass is 9.91. The van der Waals surface area contributed by atoms with Gasteiger partial charge in [-0.05, 0) is 121 Å². The quantitative estimate of drug-likeness (QED) is 0.0598. The van der Waals surface area contributed by atoms with Gasteiger partial charge in [-0.3, -0.25) is 52.7 Å². The Bertz CT molecular complexity index is 2580. The van der Waals surface area contributed by atoms with E-state index in [1.807, 2.05) is 55.4 Å². The lowest BCUT2D eigenvalue weighted by Gasteiger charge is -2.41. The van der Waals surface area contributed by atoms with Gasteiger partial charge in [0.1, 0.15) is 66.5 Å². The highest BCUT2D eigenvalue weighted by Crippen LogP contribution is 2.27. The van der Waals surface area contributed by atoms with Crippen molar-refractivity contribution >= 4 is 76.7 Å². The van der Waals surface area contributed by atoms with Crippen LogP contribution in [0.4, 0.5) is 0 Å². The molecule has 7 N–H and O–H groups in total. The van der Waals surface area contributed by atoms with E-state index in [4.69, 9.17) is 0 Å². The third-order valence-corrected chi connectivity index (χ3v) is 18.8. The number of allylic oxidation sites excluding steroid dienone is 2. The number of hydrogen-bond donors (Lipinski definition) is 7. The predicted octanol–water partition coefficient (Wildman–Crippen LogP) is 3.87. The fraction of sp³-hybridized carbons (Fsp3) is 0.812. The van der Waals surface area contributed by atoms with Crippen LogP contribution in [0.1, 0.15) is 176 Å². The molecule has 13 atom stereocenters. The first kappa shape index (κ1) is 87.2. The number of carbonyl (C=O) groups is 11. The van der Waals surface area contributed by atoms with Crippen molar-refractivity contribution in [3.05, 3.63) is 12.2 Å². The van der Waals surface area contributed by atoms with Crippen LogP contribution in [0.5, 0.6) is 0 Å². The van der Waals surface area contributed by atoms with Gasteiger partial charge in [0.15, 0.2) is 0 Å². The van der Waals surface area contributed by atoms with Crippen molar-refractivity contribution in [3.63, 3.8) is 0 Å². The zero-order valence-electron chi connectivity index (χ0n) is 62.6. The van der Waals surface area contributed by atoms with Crippen molar-refractivity contribution in [2.45, 2.75) is 261 Å². The molecule has 0 aliphatic carbocycles. The van der Waals surface area contributed by atoms with Gasteiger partial charge in [0.05, 0.1) is 11.7 Å². The molecule has 0 aromatic carbocycles. The molecule has 0 saturated carbocycles. The summed E-state index contributed by atoms with van der Waals surface area (Å²) in [5.41, 5.74) is -1.58. The normalized spacial score (nSPS) is 26.3.